The van der Waals surface area contributed by atoms with Crippen LogP contribution in [-0.2, 0) is 0 Å². The summed E-state index contributed by atoms with van der Waals surface area (Å²) in [5.74, 6) is 0.819. The third kappa shape index (κ3) is 2.11. The van der Waals surface area contributed by atoms with Crippen molar-refractivity contribution in [2.75, 3.05) is 5.32 Å². The predicted molar refractivity (Wildman–Crippen MR) is 63.9 cm³/mol. The quantitative estimate of drug-likeness (QED) is 0.794. The van der Waals surface area contributed by atoms with Gasteiger partial charge in [0.2, 0.25) is 0 Å². The minimum Gasteiger partial charge on any atom is -0.459 e. The smallest absolute Gasteiger partial charge is 0.157 e. The number of allylic oxidation sites excluding steroid dienone is 1. The van der Waals surface area contributed by atoms with Crippen molar-refractivity contribution in [1.29, 1.82) is 10.5 Å². The molecule has 17 heavy (non-hydrogen) atoms. The van der Waals surface area contributed by atoms with Crippen LogP contribution in [0.3, 0.4) is 0 Å². The van der Waals surface area contributed by atoms with Gasteiger partial charge in [-0.3, -0.25) is 0 Å². The number of nitrogens with zero attached hydrogens (tertiary/aromatic N) is 2. The van der Waals surface area contributed by atoms with Crippen LogP contribution in [0.15, 0.2) is 40.5 Å². The van der Waals surface area contributed by atoms with Gasteiger partial charge in [-0.2, -0.15) is 10.5 Å². The SMILES string of the molecule is Cc1cc2cccc(NC=C(C#N)C#N)c2o1. The summed E-state index contributed by atoms with van der Waals surface area (Å²) in [6, 6.07) is 11.1. The second-order valence-electron chi connectivity index (χ2n) is 3.51. The van der Waals surface area contributed by atoms with Crippen LogP contribution in [0.25, 0.3) is 11.0 Å². The Labute approximate surface area is 98.4 Å². The molecular formula is C13H9N3O. The Balaban J connectivity index is 2.41. The summed E-state index contributed by atoms with van der Waals surface area (Å²) in [6.45, 7) is 1.87. The van der Waals surface area contributed by atoms with Crippen LogP contribution in [0.2, 0.25) is 0 Å². The molecule has 2 rings (SSSR count). The minimum atomic E-state index is 0.0188. The van der Waals surface area contributed by atoms with E-state index >= 15 is 0 Å². The molecule has 4 heteroatoms. The van der Waals surface area contributed by atoms with Gasteiger partial charge in [-0.15, -0.1) is 0 Å². The second kappa shape index (κ2) is 4.42. The van der Waals surface area contributed by atoms with Gasteiger partial charge in [0.25, 0.3) is 0 Å². The largest absolute Gasteiger partial charge is 0.459 e. The van der Waals surface area contributed by atoms with Crippen LogP contribution in [-0.4, -0.2) is 0 Å². The highest BCUT2D eigenvalue weighted by molar-refractivity contribution is 5.89. The molecule has 0 aliphatic carbocycles. The fourth-order valence-corrected chi connectivity index (χ4v) is 1.55. The summed E-state index contributed by atoms with van der Waals surface area (Å²) in [5, 5.41) is 21.1. The molecule has 2 aromatic rings. The van der Waals surface area contributed by atoms with Crippen molar-refractivity contribution >= 4 is 16.7 Å². The van der Waals surface area contributed by atoms with Crippen molar-refractivity contribution in [3.63, 3.8) is 0 Å². The molecule has 0 unspecified atom stereocenters. The number of hydrogen-bond donors (Lipinski definition) is 1. The molecule has 0 saturated heterocycles. The monoisotopic (exact) mass is 223 g/mol. The van der Waals surface area contributed by atoms with Crippen LogP contribution >= 0.6 is 0 Å². The number of benzene rings is 1. The number of fused-ring (bicyclic) bond motifs is 1. The number of anilines is 1. The molecule has 0 bridgehead atoms. The molecular weight excluding hydrogens is 214 g/mol. The molecule has 0 aliphatic rings. The molecule has 0 radical (unpaired) electrons. The van der Waals surface area contributed by atoms with Crippen LogP contribution in [0.5, 0.6) is 0 Å². The van der Waals surface area contributed by atoms with E-state index in [0.717, 1.165) is 22.4 Å². The van der Waals surface area contributed by atoms with Crippen molar-refractivity contribution in [1.82, 2.24) is 0 Å². The second-order valence-corrected chi connectivity index (χ2v) is 3.51. The standard InChI is InChI=1S/C13H9N3O/c1-9-5-11-3-2-4-12(13(11)17-9)16-8-10(6-14)7-15/h2-5,8,16H,1H3. The molecule has 0 spiro atoms. The molecule has 1 aromatic carbocycles. The van der Waals surface area contributed by atoms with Crippen LogP contribution in [0.1, 0.15) is 5.76 Å². The number of hydrogen-bond acceptors (Lipinski definition) is 4. The molecule has 0 saturated carbocycles. The van der Waals surface area contributed by atoms with E-state index in [-0.39, 0.29) is 5.57 Å². The van der Waals surface area contributed by atoms with Crippen LogP contribution in [0, 0.1) is 29.6 Å². The first-order valence-electron chi connectivity index (χ1n) is 5.00. The molecule has 1 aromatic heterocycles. The summed E-state index contributed by atoms with van der Waals surface area (Å²) in [7, 11) is 0. The van der Waals surface area contributed by atoms with Gasteiger partial charge in [-0.1, -0.05) is 12.1 Å². The van der Waals surface area contributed by atoms with Gasteiger partial charge in [-0.25, -0.2) is 0 Å². The van der Waals surface area contributed by atoms with Crippen molar-refractivity contribution in [2.45, 2.75) is 6.92 Å². The van der Waals surface area contributed by atoms with Crippen LogP contribution in [0.4, 0.5) is 5.69 Å². The molecule has 0 amide bonds. The topological polar surface area (TPSA) is 72.8 Å². The van der Waals surface area contributed by atoms with Crippen molar-refractivity contribution in [3.05, 3.63) is 41.8 Å². The average Bonchev–Trinajstić information content (AvgIpc) is 2.71. The van der Waals surface area contributed by atoms with Crippen molar-refractivity contribution in [2.24, 2.45) is 0 Å². The number of aryl methyl sites for hydroxylation is 1. The van der Waals surface area contributed by atoms with Gasteiger partial charge in [0, 0.05) is 11.6 Å². The first kappa shape index (κ1) is 10.8. The Morgan fingerprint density at radius 3 is 2.82 bits per heavy atom. The number of rotatable bonds is 2. The van der Waals surface area contributed by atoms with E-state index in [4.69, 9.17) is 14.9 Å². The lowest BCUT2D eigenvalue weighted by Crippen LogP contribution is -1.89. The molecule has 1 heterocycles. The molecule has 0 fully saturated rings. The van der Waals surface area contributed by atoms with Gasteiger partial charge < -0.3 is 9.73 Å². The summed E-state index contributed by atoms with van der Waals surface area (Å²) in [4.78, 5) is 0. The maximum atomic E-state index is 8.62. The van der Waals surface area contributed by atoms with E-state index < -0.39 is 0 Å². The predicted octanol–water partition coefficient (Wildman–Crippen LogP) is 3.08. The maximum Gasteiger partial charge on any atom is 0.157 e. The lowest BCUT2D eigenvalue weighted by molar-refractivity contribution is 0.579. The highest BCUT2D eigenvalue weighted by Crippen LogP contribution is 2.26. The Hall–Kier alpha value is -2.72. The summed E-state index contributed by atoms with van der Waals surface area (Å²) < 4.78 is 5.54. The highest BCUT2D eigenvalue weighted by atomic mass is 16.3. The summed E-state index contributed by atoms with van der Waals surface area (Å²) in [5.41, 5.74) is 1.47. The minimum absolute atomic E-state index is 0.0188. The fourth-order valence-electron chi connectivity index (χ4n) is 1.55. The van der Waals surface area contributed by atoms with E-state index in [9.17, 15) is 0 Å². The van der Waals surface area contributed by atoms with E-state index in [0.29, 0.717) is 0 Å². The van der Waals surface area contributed by atoms with E-state index in [1.807, 2.05) is 31.2 Å². The average molecular weight is 223 g/mol. The highest BCUT2D eigenvalue weighted by Gasteiger charge is 2.04. The fraction of sp³-hybridized carbons (Fsp3) is 0.0769. The number of nitrogens with one attached hydrogen (secondary N) is 1. The van der Waals surface area contributed by atoms with Crippen molar-refractivity contribution < 1.29 is 4.42 Å². The lowest BCUT2D eigenvalue weighted by atomic mass is 10.2. The number of furan rings is 1. The normalized spacial score (nSPS) is 9.35. The van der Waals surface area contributed by atoms with Gasteiger partial charge in [-0.05, 0) is 19.1 Å². The Kier molecular flexibility index (Phi) is 2.81. The first-order valence-corrected chi connectivity index (χ1v) is 5.00. The molecule has 82 valence electrons. The summed E-state index contributed by atoms with van der Waals surface area (Å²) in [6.07, 6.45) is 1.37. The molecule has 4 nitrogen and oxygen atoms in total. The Bertz CT molecular complexity index is 652. The summed E-state index contributed by atoms with van der Waals surface area (Å²) >= 11 is 0. The Morgan fingerprint density at radius 1 is 1.35 bits per heavy atom. The van der Waals surface area contributed by atoms with Crippen molar-refractivity contribution in [3.8, 4) is 12.1 Å². The third-order valence-corrected chi connectivity index (χ3v) is 2.28. The molecule has 1 N–H and O–H groups in total. The van der Waals surface area contributed by atoms with E-state index in [1.54, 1.807) is 12.1 Å². The van der Waals surface area contributed by atoms with Gasteiger partial charge >= 0.3 is 0 Å². The molecule has 0 atom stereocenters. The van der Waals surface area contributed by atoms with E-state index in [2.05, 4.69) is 5.32 Å². The molecule has 0 aliphatic heterocycles. The zero-order valence-electron chi connectivity index (χ0n) is 9.19. The number of para-hydroxylation sites is 1. The lowest BCUT2D eigenvalue weighted by Gasteiger charge is -2.00. The first-order chi connectivity index (χ1) is 8.24. The van der Waals surface area contributed by atoms with Gasteiger partial charge in [0.15, 0.2) is 5.58 Å². The van der Waals surface area contributed by atoms with E-state index in [1.165, 1.54) is 6.20 Å². The Morgan fingerprint density at radius 2 is 2.12 bits per heavy atom. The van der Waals surface area contributed by atoms with Gasteiger partial charge in [0.05, 0.1) is 5.69 Å². The van der Waals surface area contributed by atoms with Crippen LogP contribution < -0.4 is 5.32 Å². The zero-order valence-corrected chi connectivity index (χ0v) is 9.19. The van der Waals surface area contributed by atoms with Gasteiger partial charge in [0.1, 0.15) is 23.5 Å². The third-order valence-electron chi connectivity index (χ3n) is 2.28. The maximum absolute atomic E-state index is 8.62. The number of nitriles is 2. The zero-order chi connectivity index (χ0) is 12.3.